The lowest BCUT2D eigenvalue weighted by atomic mass is 10.3. The molecule has 0 rings (SSSR count). The molecule has 260 valence electrons. The minimum atomic E-state index is -0.399. The monoisotopic (exact) mass is 658 g/mol. The second-order valence-corrected chi connectivity index (χ2v) is 10.00. The van der Waals surface area contributed by atoms with Gasteiger partial charge in [-0.1, -0.05) is 32.9 Å². The van der Waals surface area contributed by atoms with E-state index in [0.29, 0.717) is 13.1 Å². The summed E-state index contributed by atoms with van der Waals surface area (Å²) in [5.74, 6) is -2.31. The molecule has 0 saturated heterocycles. The van der Waals surface area contributed by atoms with Gasteiger partial charge in [-0.2, -0.15) is 0 Å². The normalized spacial score (nSPS) is 10.1. The molecule has 15 nitrogen and oxygen atoms in total. The molecule has 0 atom stereocenters. The molecular formula is C32H50N8O7. The second-order valence-electron chi connectivity index (χ2n) is 10.00. The fourth-order valence-electron chi connectivity index (χ4n) is 4.08. The van der Waals surface area contributed by atoms with E-state index in [-0.39, 0.29) is 114 Å². The molecule has 0 radical (unpaired) electrons. The molecule has 0 saturated carbocycles. The molecule has 0 spiro atoms. The fraction of sp³-hybridized carbons (Fsp3) is 0.469. The quantitative estimate of drug-likeness (QED) is 0.0818. The summed E-state index contributed by atoms with van der Waals surface area (Å²) in [6, 6.07) is 0. The molecule has 0 unspecified atom stereocenters. The Bertz CT molecular complexity index is 1140. The molecule has 0 aromatic heterocycles. The predicted octanol–water partition coefficient (Wildman–Crippen LogP) is -1.42. The number of hydrogen-bond acceptors (Lipinski definition) is 8. The van der Waals surface area contributed by atoms with E-state index < -0.39 is 5.91 Å². The number of nitrogens with zero attached hydrogens (tertiary/aromatic N) is 4. The van der Waals surface area contributed by atoms with Gasteiger partial charge in [-0.05, 0) is 30.4 Å². The van der Waals surface area contributed by atoms with Crippen molar-refractivity contribution in [2.75, 3.05) is 85.1 Å². The van der Waals surface area contributed by atoms with Crippen LogP contribution in [0.15, 0.2) is 63.3 Å². The van der Waals surface area contributed by atoms with Gasteiger partial charge in [0.25, 0.3) is 0 Å². The highest BCUT2D eigenvalue weighted by atomic mass is 16.2. The zero-order valence-electron chi connectivity index (χ0n) is 27.5. The molecule has 0 bridgehead atoms. The lowest BCUT2D eigenvalue weighted by Crippen LogP contribution is -2.47. The predicted molar refractivity (Wildman–Crippen MR) is 179 cm³/mol. The van der Waals surface area contributed by atoms with Crippen LogP contribution in [0.1, 0.15) is 13.3 Å². The Hall–Kier alpha value is -5.05. The zero-order valence-corrected chi connectivity index (χ0v) is 27.5. The molecule has 7 amide bonds. The smallest absolute Gasteiger partial charge is 0.246 e. The van der Waals surface area contributed by atoms with Gasteiger partial charge in [0.2, 0.25) is 41.4 Å². The molecule has 0 aromatic rings. The first-order valence-corrected chi connectivity index (χ1v) is 15.2. The molecule has 15 heteroatoms. The fourth-order valence-corrected chi connectivity index (χ4v) is 4.08. The topological polar surface area (TPSA) is 181 Å². The SMILES string of the molecule is C=CC(=O)NCCN(CCC(=O)N(CCNC(=O)C=C)CCN(CCNC(=O)C=C)C(=O)C=C)CCN(CCNC(C)=O)C(=O)C=C. The molecule has 0 heterocycles. The summed E-state index contributed by atoms with van der Waals surface area (Å²) >= 11 is 0. The number of carbonyl (C=O) groups is 7. The summed E-state index contributed by atoms with van der Waals surface area (Å²) in [5.41, 5.74) is 0. The van der Waals surface area contributed by atoms with Crippen molar-refractivity contribution in [2.45, 2.75) is 13.3 Å². The maximum Gasteiger partial charge on any atom is 0.246 e. The van der Waals surface area contributed by atoms with E-state index in [2.05, 4.69) is 54.2 Å². The van der Waals surface area contributed by atoms with Crippen molar-refractivity contribution in [3.8, 4) is 0 Å². The Kier molecular flexibility index (Phi) is 22.5. The largest absolute Gasteiger partial charge is 0.355 e. The summed E-state index contributed by atoms with van der Waals surface area (Å²) in [4.78, 5) is 91.0. The Balaban J connectivity index is 5.68. The summed E-state index contributed by atoms with van der Waals surface area (Å²) in [6.45, 7) is 21.6. The van der Waals surface area contributed by atoms with E-state index >= 15 is 0 Å². The number of carbonyl (C=O) groups excluding carboxylic acids is 7. The summed E-state index contributed by atoms with van der Waals surface area (Å²) in [7, 11) is 0. The minimum absolute atomic E-state index is 0.0525. The van der Waals surface area contributed by atoms with Crippen molar-refractivity contribution in [3.63, 3.8) is 0 Å². The molecule has 0 fully saturated rings. The van der Waals surface area contributed by atoms with Gasteiger partial charge in [0, 0.05) is 98.4 Å². The van der Waals surface area contributed by atoms with Gasteiger partial charge < -0.3 is 36.0 Å². The number of amides is 7. The van der Waals surface area contributed by atoms with E-state index in [0.717, 1.165) is 24.3 Å². The lowest BCUT2D eigenvalue weighted by molar-refractivity contribution is -0.134. The van der Waals surface area contributed by atoms with Crippen LogP contribution in [0.4, 0.5) is 0 Å². The third-order valence-corrected chi connectivity index (χ3v) is 6.69. The van der Waals surface area contributed by atoms with Crippen molar-refractivity contribution >= 4 is 41.4 Å². The summed E-state index contributed by atoms with van der Waals surface area (Å²) < 4.78 is 0. The van der Waals surface area contributed by atoms with Gasteiger partial charge in [-0.3, -0.25) is 38.5 Å². The Morgan fingerprint density at radius 3 is 1.28 bits per heavy atom. The maximum absolute atomic E-state index is 13.5. The van der Waals surface area contributed by atoms with Crippen LogP contribution in [0.3, 0.4) is 0 Å². The molecular weight excluding hydrogens is 608 g/mol. The zero-order chi connectivity index (χ0) is 35.6. The van der Waals surface area contributed by atoms with Crippen LogP contribution in [-0.4, -0.2) is 146 Å². The van der Waals surface area contributed by atoms with Gasteiger partial charge in [0.05, 0.1) is 0 Å². The Morgan fingerprint density at radius 2 is 0.851 bits per heavy atom. The number of nitrogens with one attached hydrogen (secondary N) is 4. The third-order valence-electron chi connectivity index (χ3n) is 6.69. The maximum atomic E-state index is 13.5. The van der Waals surface area contributed by atoms with Gasteiger partial charge in [-0.15, -0.1) is 0 Å². The van der Waals surface area contributed by atoms with E-state index in [1.165, 1.54) is 27.7 Å². The van der Waals surface area contributed by atoms with E-state index in [9.17, 15) is 33.6 Å². The van der Waals surface area contributed by atoms with Crippen molar-refractivity contribution in [1.82, 2.24) is 40.9 Å². The van der Waals surface area contributed by atoms with Crippen LogP contribution in [-0.2, 0) is 33.6 Å². The molecule has 0 aliphatic rings. The Morgan fingerprint density at radius 1 is 0.468 bits per heavy atom. The number of hydrogen-bond donors (Lipinski definition) is 4. The van der Waals surface area contributed by atoms with E-state index in [1.54, 1.807) is 0 Å². The molecule has 0 aliphatic heterocycles. The van der Waals surface area contributed by atoms with Crippen molar-refractivity contribution < 1.29 is 33.6 Å². The van der Waals surface area contributed by atoms with Crippen molar-refractivity contribution in [1.29, 1.82) is 0 Å². The van der Waals surface area contributed by atoms with Crippen LogP contribution in [0, 0.1) is 0 Å². The minimum Gasteiger partial charge on any atom is -0.355 e. The highest BCUT2D eigenvalue weighted by molar-refractivity contribution is 5.89. The summed E-state index contributed by atoms with van der Waals surface area (Å²) in [6.07, 6.45) is 5.77. The van der Waals surface area contributed by atoms with Gasteiger partial charge in [0.1, 0.15) is 0 Å². The van der Waals surface area contributed by atoms with Crippen LogP contribution in [0.5, 0.6) is 0 Å². The lowest BCUT2D eigenvalue weighted by Gasteiger charge is -2.30. The average molecular weight is 659 g/mol. The highest BCUT2D eigenvalue weighted by Crippen LogP contribution is 2.02. The van der Waals surface area contributed by atoms with E-state index in [1.807, 2.05) is 4.90 Å². The highest BCUT2D eigenvalue weighted by Gasteiger charge is 2.19. The van der Waals surface area contributed by atoms with Crippen LogP contribution in [0.25, 0.3) is 0 Å². The summed E-state index contributed by atoms with van der Waals surface area (Å²) in [5, 5.41) is 10.6. The van der Waals surface area contributed by atoms with Crippen molar-refractivity contribution in [2.24, 2.45) is 0 Å². The third kappa shape index (κ3) is 19.8. The van der Waals surface area contributed by atoms with Crippen molar-refractivity contribution in [3.05, 3.63) is 63.3 Å². The van der Waals surface area contributed by atoms with Gasteiger partial charge >= 0.3 is 0 Å². The van der Waals surface area contributed by atoms with Crippen LogP contribution in [0.2, 0.25) is 0 Å². The van der Waals surface area contributed by atoms with Gasteiger partial charge in [-0.25, -0.2) is 0 Å². The van der Waals surface area contributed by atoms with E-state index in [4.69, 9.17) is 0 Å². The van der Waals surface area contributed by atoms with Gasteiger partial charge in [0.15, 0.2) is 0 Å². The van der Waals surface area contributed by atoms with Crippen LogP contribution >= 0.6 is 0 Å². The standard InChI is InChI=1S/C32H50N8O7/c1-7-27(42)34-13-18-37(22-23-38(30(45)10-4)19-14-33-26(6)41)17-12-32(47)40(21-16-36-29(44)9-3)25-24-39(31(46)11-5)20-15-35-28(43)8-2/h7-11H,1-5,12-25H2,6H3,(H,33,41)(H,34,42)(H,35,43)(H,36,44). The molecule has 47 heavy (non-hydrogen) atoms. The average Bonchev–Trinajstić information content (AvgIpc) is 3.06. The molecule has 0 aliphatic carbocycles. The molecule has 4 N–H and O–H groups in total. The first-order chi connectivity index (χ1) is 22.4. The van der Waals surface area contributed by atoms with Crippen LogP contribution < -0.4 is 21.3 Å². The second kappa shape index (κ2) is 25.2. The molecule has 0 aromatic carbocycles. The number of rotatable bonds is 26. The Labute approximate surface area is 277 Å². The first kappa shape index (κ1) is 42.0. The first-order valence-electron chi connectivity index (χ1n) is 15.2.